The minimum Gasteiger partial charge on any atom is -0.325 e. The standard InChI is InChI=1S/C17H16ClN3O/c1-12-8-14(10-20(2)17(12)22)16-19-15(18)11-21(16)9-13-6-4-3-5-7-13/h3-8,10-11H,9H2,1-2H3. The van der Waals surface area contributed by atoms with Crippen molar-refractivity contribution in [1.29, 1.82) is 0 Å². The Morgan fingerprint density at radius 3 is 2.59 bits per heavy atom. The molecule has 0 N–H and O–H groups in total. The number of imidazole rings is 1. The van der Waals surface area contributed by atoms with Crippen molar-refractivity contribution in [2.24, 2.45) is 7.05 Å². The first-order valence-corrected chi connectivity index (χ1v) is 7.36. The molecule has 0 fully saturated rings. The van der Waals surface area contributed by atoms with Gasteiger partial charge in [0.15, 0.2) is 0 Å². The number of hydrogen-bond acceptors (Lipinski definition) is 2. The largest absolute Gasteiger partial charge is 0.325 e. The molecule has 0 radical (unpaired) electrons. The van der Waals surface area contributed by atoms with Crippen molar-refractivity contribution in [1.82, 2.24) is 14.1 Å². The highest BCUT2D eigenvalue weighted by molar-refractivity contribution is 6.29. The van der Waals surface area contributed by atoms with E-state index in [2.05, 4.69) is 17.1 Å². The van der Waals surface area contributed by atoms with Crippen LogP contribution in [0.15, 0.2) is 53.6 Å². The summed E-state index contributed by atoms with van der Waals surface area (Å²) in [5.74, 6) is 0.757. The zero-order valence-corrected chi connectivity index (χ0v) is 13.2. The molecule has 3 rings (SSSR count). The van der Waals surface area contributed by atoms with Crippen LogP contribution in [0.25, 0.3) is 11.4 Å². The molecule has 0 aliphatic rings. The van der Waals surface area contributed by atoms with E-state index >= 15 is 0 Å². The minimum absolute atomic E-state index is 0.00369. The topological polar surface area (TPSA) is 39.8 Å². The van der Waals surface area contributed by atoms with Crippen LogP contribution in [0.2, 0.25) is 5.15 Å². The Morgan fingerprint density at radius 1 is 1.18 bits per heavy atom. The molecule has 2 heterocycles. The lowest BCUT2D eigenvalue weighted by atomic mass is 10.2. The number of benzene rings is 1. The molecule has 1 aromatic carbocycles. The number of aryl methyl sites for hydroxylation is 2. The van der Waals surface area contributed by atoms with Gasteiger partial charge in [-0.05, 0) is 18.6 Å². The Hall–Kier alpha value is -2.33. The lowest BCUT2D eigenvalue weighted by molar-refractivity contribution is 0.798. The fraction of sp³-hybridized carbons (Fsp3) is 0.176. The van der Waals surface area contributed by atoms with Crippen molar-refractivity contribution in [2.45, 2.75) is 13.5 Å². The van der Waals surface area contributed by atoms with Crippen LogP contribution in [0.3, 0.4) is 0 Å². The van der Waals surface area contributed by atoms with Crippen LogP contribution in [0.1, 0.15) is 11.1 Å². The predicted octanol–water partition coefficient (Wildman–Crippen LogP) is 3.26. The van der Waals surface area contributed by atoms with Gasteiger partial charge in [-0.15, -0.1) is 0 Å². The second-order valence-corrected chi connectivity index (χ2v) is 5.72. The van der Waals surface area contributed by atoms with Gasteiger partial charge >= 0.3 is 0 Å². The van der Waals surface area contributed by atoms with Gasteiger partial charge in [0.05, 0.1) is 0 Å². The van der Waals surface area contributed by atoms with Crippen LogP contribution < -0.4 is 5.56 Å². The SMILES string of the molecule is Cc1cc(-c2nc(Cl)cn2Cc2ccccc2)cn(C)c1=O. The first-order valence-electron chi connectivity index (χ1n) is 6.99. The third kappa shape index (κ3) is 2.83. The summed E-state index contributed by atoms with van der Waals surface area (Å²) in [6.45, 7) is 2.48. The molecule has 0 bridgehead atoms. The summed E-state index contributed by atoms with van der Waals surface area (Å²) >= 11 is 6.09. The lowest BCUT2D eigenvalue weighted by Gasteiger charge is -2.10. The monoisotopic (exact) mass is 313 g/mol. The average molecular weight is 314 g/mol. The van der Waals surface area contributed by atoms with E-state index in [1.54, 1.807) is 24.7 Å². The van der Waals surface area contributed by atoms with E-state index in [1.165, 1.54) is 5.56 Å². The van der Waals surface area contributed by atoms with Gasteiger partial charge in [-0.2, -0.15) is 0 Å². The summed E-state index contributed by atoms with van der Waals surface area (Å²) < 4.78 is 3.57. The molecule has 0 amide bonds. The molecule has 0 unspecified atom stereocenters. The number of halogens is 1. The van der Waals surface area contributed by atoms with Crippen LogP contribution in [-0.2, 0) is 13.6 Å². The number of pyridine rings is 1. The van der Waals surface area contributed by atoms with Crippen LogP contribution in [-0.4, -0.2) is 14.1 Å². The van der Waals surface area contributed by atoms with Crippen molar-refractivity contribution >= 4 is 11.6 Å². The zero-order valence-electron chi connectivity index (χ0n) is 12.5. The van der Waals surface area contributed by atoms with Crippen molar-refractivity contribution < 1.29 is 0 Å². The van der Waals surface area contributed by atoms with Gasteiger partial charge < -0.3 is 9.13 Å². The number of nitrogens with zero attached hydrogens (tertiary/aromatic N) is 3. The van der Waals surface area contributed by atoms with E-state index in [1.807, 2.05) is 35.0 Å². The minimum atomic E-state index is -0.00369. The molecule has 5 heteroatoms. The number of aromatic nitrogens is 3. The van der Waals surface area contributed by atoms with Crippen LogP contribution in [0.4, 0.5) is 0 Å². The maximum atomic E-state index is 11.8. The van der Waals surface area contributed by atoms with E-state index in [9.17, 15) is 4.79 Å². The van der Waals surface area contributed by atoms with Gasteiger partial charge in [-0.25, -0.2) is 4.98 Å². The van der Waals surface area contributed by atoms with Crippen LogP contribution in [0.5, 0.6) is 0 Å². The molecular weight excluding hydrogens is 298 g/mol. The lowest BCUT2D eigenvalue weighted by Crippen LogP contribution is -2.18. The third-order valence-corrected chi connectivity index (χ3v) is 3.75. The Balaban J connectivity index is 2.07. The first kappa shape index (κ1) is 14.6. The second kappa shape index (κ2) is 5.81. The van der Waals surface area contributed by atoms with Crippen molar-refractivity contribution in [3.63, 3.8) is 0 Å². The molecule has 0 saturated heterocycles. The second-order valence-electron chi connectivity index (χ2n) is 5.33. The van der Waals surface area contributed by atoms with Crippen molar-refractivity contribution in [3.05, 3.63) is 75.4 Å². The average Bonchev–Trinajstić information content (AvgIpc) is 2.86. The van der Waals surface area contributed by atoms with E-state index in [4.69, 9.17) is 11.6 Å². The molecule has 0 spiro atoms. The zero-order chi connectivity index (χ0) is 15.7. The van der Waals surface area contributed by atoms with Crippen molar-refractivity contribution in [2.75, 3.05) is 0 Å². The molecule has 22 heavy (non-hydrogen) atoms. The fourth-order valence-electron chi connectivity index (χ4n) is 2.51. The number of rotatable bonds is 3. The Morgan fingerprint density at radius 2 is 1.91 bits per heavy atom. The van der Waals surface area contributed by atoms with Gasteiger partial charge in [-0.1, -0.05) is 41.9 Å². The molecule has 0 aliphatic heterocycles. The summed E-state index contributed by atoms with van der Waals surface area (Å²) in [7, 11) is 1.74. The van der Waals surface area contributed by atoms with E-state index < -0.39 is 0 Å². The molecule has 112 valence electrons. The van der Waals surface area contributed by atoms with Crippen LogP contribution in [0, 0.1) is 6.92 Å². The van der Waals surface area contributed by atoms with Crippen molar-refractivity contribution in [3.8, 4) is 11.4 Å². The first-order chi connectivity index (χ1) is 10.5. The van der Waals surface area contributed by atoms with E-state index in [0.717, 1.165) is 11.4 Å². The summed E-state index contributed by atoms with van der Waals surface area (Å²) in [6.07, 6.45) is 3.60. The van der Waals surface area contributed by atoms with Crippen LogP contribution >= 0.6 is 11.6 Å². The summed E-state index contributed by atoms with van der Waals surface area (Å²) in [5, 5.41) is 0.442. The molecule has 2 aromatic heterocycles. The highest BCUT2D eigenvalue weighted by Gasteiger charge is 2.12. The van der Waals surface area contributed by atoms with Gasteiger partial charge in [0.1, 0.15) is 11.0 Å². The van der Waals surface area contributed by atoms with E-state index in [-0.39, 0.29) is 5.56 Å². The normalized spacial score (nSPS) is 10.9. The maximum Gasteiger partial charge on any atom is 0.253 e. The molecule has 0 atom stereocenters. The molecular formula is C17H16ClN3O. The number of hydrogen-bond donors (Lipinski definition) is 0. The van der Waals surface area contributed by atoms with Gasteiger partial charge in [0, 0.05) is 37.1 Å². The highest BCUT2D eigenvalue weighted by atomic mass is 35.5. The quantitative estimate of drug-likeness (QED) is 0.744. The smallest absolute Gasteiger partial charge is 0.253 e. The third-order valence-electron chi connectivity index (χ3n) is 3.56. The Kier molecular flexibility index (Phi) is 3.86. The molecule has 0 saturated carbocycles. The summed E-state index contributed by atoms with van der Waals surface area (Å²) in [5.41, 5.74) is 2.73. The van der Waals surface area contributed by atoms with E-state index in [0.29, 0.717) is 17.3 Å². The van der Waals surface area contributed by atoms with Gasteiger partial charge in [0.2, 0.25) is 0 Å². The Labute approximate surface area is 133 Å². The van der Waals surface area contributed by atoms with Gasteiger partial charge in [-0.3, -0.25) is 4.79 Å². The molecule has 4 nitrogen and oxygen atoms in total. The fourth-order valence-corrected chi connectivity index (χ4v) is 2.71. The predicted molar refractivity (Wildman–Crippen MR) is 88.2 cm³/mol. The summed E-state index contributed by atoms with van der Waals surface area (Å²) in [6, 6.07) is 12.0. The molecule has 3 aromatic rings. The maximum absolute atomic E-state index is 11.8. The highest BCUT2D eigenvalue weighted by Crippen LogP contribution is 2.22. The Bertz CT molecular complexity index is 839. The summed E-state index contributed by atoms with van der Waals surface area (Å²) in [4.78, 5) is 16.2. The molecule has 0 aliphatic carbocycles. The van der Waals surface area contributed by atoms with Gasteiger partial charge in [0.25, 0.3) is 5.56 Å².